The van der Waals surface area contributed by atoms with Crippen molar-refractivity contribution in [2.24, 2.45) is 0 Å². The van der Waals surface area contributed by atoms with Crippen LogP contribution in [0.2, 0.25) is 5.02 Å². The zero-order valence-electron chi connectivity index (χ0n) is 11.5. The average molecular weight is 315 g/mol. The third-order valence-electron chi connectivity index (χ3n) is 3.36. The molecule has 1 fully saturated rings. The van der Waals surface area contributed by atoms with Crippen LogP contribution in [0.5, 0.6) is 0 Å². The van der Waals surface area contributed by atoms with Crippen molar-refractivity contribution in [3.05, 3.63) is 34.9 Å². The molecule has 0 atom stereocenters. The largest absolute Gasteiger partial charge is 0.370 e. The standard InChI is InChI=1S/C14H20ClN3OS/c15-13-4-2-1-3-12(13)11-17-14(20)16-5-6-18-7-9-19-10-8-18/h1-4H,5-11H2,(H2,16,17,20)/p+1. The molecule has 4 nitrogen and oxygen atoms in total. The lowest BCUT2D eigenvalue weighted by molar-refractivity contribution is -0.906. The number of ether oxygens (including phenoxy) is 1. The predicted octanol–water partition coefficient (Wildman–Crippen LogP) is 0.219. The van der Waals surface area contributed by atoms with Crippen molar-refractivity contribution in [3.63, 3.8) is 0 Å². The van der Waals surface area contributed by atoms with E-state index in [-0.39, 0.29) is 0 Å². The summed E-state index contributed by atoms with van der Waals surface area (Å²) in [6.07, 6.45) is 0. The molecule has 0 radical (unpaired) electrons. The van der Waals surface area contributed by atoms with Crippen LogP contribution >= 0.6 is 23.8 Å². The Balaban J connectivity index is 1.62. The molecular formula is C14H21ClN3OS+. The van der Waals surface area contributed by atoms with Crippen LogP contribution in [-0.2, 0) is 11.3 Å². The first-order valence-corrected chi connectivity index (χ1v) is 7.71. The van der Waals surface area contributed by atoms with Gasteiger partial charge in [-0.3, -0.25) is 0 Å². The Morgan fingerprint density at radius 2 is 2.00 bits per heavy atom. The Labute approximate surface area is 130 Å². The number of hydrogen-bond donors (Lipinski definition) is 3. The van der Waals surface area contributed by atoms with Gasteiger partial charge in [-0.05, 0) is 23.8 Å². The van der Waals surface area contributed by atoms with E-state index in [0.717, 1.165) is 50.0 Å². The highest BCUT2D eigenvalue weighted by molar-refractivity contribution is 7.80. The quantitative estimate of drug-likeness (QED) is 0.680. The van der Waals surface area contributed by atoms with Gasteiger partial charge in [-0.15, -0.1) is 0 Å². The highest BCUT2D eigenvalue weighted by Crippen LogP contribution is 2.13. The molecule has 1 heterocycles. The second-order valence-electron chi connectivity index (χ2n) is 4.81. The Bertz CT molecular complexity index is 438. The predicted molar refractivity (Wildman–Crippen MR) is 85.3 cm³/mol. The third kappa shape index (κ3) is 5.25. The number of benzene rings is 1. The van der Waals surface area contributed by atoms with Crippen molar-refractivity contribution in [2.75, 3.05) is 39.4 Å². The Morgan fingerprint density at radius 1 is 1.25 bits per heavy atom. The van der Waals surface area contributed by atoms with E-state index < -0.39 is 0 Å². The molecule has 0 unspecified atom stereocenters. The topological polar surface area (TPSA) is 37.7 Å². The first-order chi connectivity index (χ1) is 9.75. The first kappa shape index (κ1) is 15.5. The summed E-state index contributed by atoms with van der Waals surface area (Å²) in [6, 6.07) is 7.78. The van der Waals surface area contributed by atoms with E-state index in [9.17, 15) is 0 Å². The highest BCUT2D eigenvalue weighted by Gasteiger charge is 2.12. The van der Waals surface area contributed by atoms with Gasteiger partial charge < -0.3 is 20.3 Å². The molecule has 6 heteroatoms. The normalized spacial score (nSPS) is 15.8. The summed E-state index contributed by atoms with van der Waals surface area (Å²) in [5, 5.41) is 7.86. The number of nitrogens with one attached hydrogen (secondary N) is 3. The van der Waals surface area contributed by atoms with Crippen LogP contribution in [0, 0.1) is 0 Å². The maximum Gasteiger partial charge on any atom is 0.166 e. The molecule has 2 rings (SSSR count). The van der Waals surface area contributed by atoms with Crippen LogP contribution < -0.4 is 15.5 Å². The lowest BCUT2D eigenvalue weighted by atomic mass is 10.2. The van der Waals surface area contributed by atoms with Crippen molar-refractivity contribution in [2.45, 2.75) is 6.54 Å². The van der Waals surface area contributed by atoms with E-state index >= 15 is 0 Å². The molecule has 0 aliphatic carbocycles. The Morgan fingerprint density at radius 3 is 2.75 bits per heavy atom. The number of morpholine rings is 1. The lowest BCUT2D eigenvalue weighted by Crippen LogP contribution is -3.14. The van der Waals surface area contributed by atoms with Gasteiger partial charge in [-0.1, -0.05) is 29.8 Å². The maximum absolute atomic E-state index is 6.09. The van der Waals surface area contributed by atoms with E-state index in [1.54, 1.807) is 4.90 Å². The molecule has 1 aromatic carbocycles. The van der Waals surface area contributed by atoms with Crippen molar-refractivity contribution >= 4 is 28.9 Å². The summed E-state index contributed by atoms with van der Waals surface area (Å²) < 4.78 is 5.33. The summed E-state index contributed by atoms with van der Waals surface area (Å²) in [5.74, 6) is 0. The smallest absolute Gasteiger partial charge is 0.166 e. The molecule has 1 saturated heterocycles. The minimum atomic E-state index is 0.649. The van der Waals surface area contributed by atoms with Crippen LogP contribution in [0.3, 0.4) is 0 Å². The Kier molecular flexibility index (Phi) is 6.53. The summed E-state index contributed by atoms with van der Waals surface area (Å²) in [6.45, 7) is 6.49. The maximum atomic E-state index is 6.09. The number of quaternary nitrogens is 1. The molecule has 0 bridgehead atoms. The molecule has 110 valence electrons. The number of thiocarbonyl (C=S) groups is 1. The van der Waals surface area contributed by atoms with E-state index in [1.165, 1.54) is 0 Å². The highest BCUT2D eigenvalue weighted by atomic mass is 35.5. The zero-order valence-corrected chi connectivity index (χ0v) is 13.0. The van der Waals surface area contributed by atoms with E-state index in [0.29, 0.717) is 11.7 Å². The second-order valence-corrected chi connectivity index (χ2v) is 5.63. The van der Waals surface area contributed by atoms with Crippen LogP contribution in [0.1, 0.15) is 5.56 Å². The van der Waals surface area contributed by atoms with Crippen LogP contribution in [0.15, 0.2) is 24.3 Å². The van der Waals surface area contributed by atoms with Gasteiger partial charge in [0.05, 0.1) is 26.3 Å². The van der Waals surface area contributed by atoms with Crippen molar-refractivity contribution in [3.8, 4) is 0 Å². The van der Waals surface area contributed by atoms with Crippen molar-refractivity contribution < 1.29 is 9.64 Å². The van der Waals surface area contributed by atoms with Gasteiger partial charge in [0.15, 0.2) is 5.11 Å². The third-order valence-corrected chi connectivity index (χ3v) is 4.02. The molecule has 1 aliphatic heterocycles. The summed E-state index contributed by atoms with van der Waals surface area (Å²) >= 11 is 11.4. The summed E-state index contributed by atoms with van der Waals surface area (Å²) in [7, 11) is 0. The zero-order chi connectivity index (χ0) is 14.2. The fourth-order valence-electron chi connectivity index (χ4n) is 2.14. The first-order valence-electron chi connectivity index (χ1n) is 6.92. The molecule has 0 amide bonds. The monoisotopic (exact) mass is 314 g/mol. The number of hydrogen-bond acceptors (Lipinski definition) is 2. The van der Waals surface area contributed by atoms with Crippen molar-refractivity contribution in [1.29, 1.82) is 0 Å². The van der Waals surface area contributed by atoms with Gasteiger partial charge in [-0.25, -0.2) is 0 Å². The molecule has 0 saturated carbocycles. The summed E-state index contributed by atoms with van der Waals surface area (Å²) in [4.78, 5) is 1.57. The summed E-state index contributed by atoms with van der Waals surface area (Å²) in [5.41, 5.74) is 1.05. The molecule has 1 aromatic rings. The molecule has 0 spiro atoms. The minimum Gasteiger partial charge on any atom is -0.370 e. The van der Waals surface area contributed by atoms with Gasteiger partial charge >= 0.3 is 0 Å². The molecule has 3 N–H and O–H groups in total. The van der Waals surface area contributed by atoms with E-state index in [4.69, 9.17) is 28.6 Å². The van der Waals surface area contributed by atoms with E-state index in [2.05, 4.69) is 10.6 Å². The van der Waals surface area contributed by atoms with Gasteiger partial charge in [0.1, 0.15) is 13.1 Å². The average Bonchev–Trinajstić information content (AvgIpc) is 2.47. The fraction of sp³-hybridized carbons (Fsp3) is 0.500. The minimum absolute atomic E-state index is 0.649. The van der Waals surface area contributed by atoms with Gasteiger partial charge in [-0.2, -0.15) is 0 Å². The van der Waals surface area contributed by atoms with Gasteiger partial charge in [0.2, 0.25) is 0 Å². The molecule has 0 aromatic heterocycles. The number of rotatable bonds is 5. The number of halogens is 1. The molecule has 1 aliphatic rings. The van der Waals surface area contributed by atoms with Crippen LogP contribution in [0.4, 0.5) is 0 Å². The second kappa shape index (κ2) is 8.42. The SMILES string of the molecule is S=C(NCC[NH+]1CCOCC1)NCc1ccccc1Cl. The van der Waals surface area contributed by atoms with Gasteiger partial charge in [0, 0.05) is 11.6 Å². The molecule has 20 heavy (non-hydrogen) atoms. The van der Waals surface area contributed by atoms with Gasteiger partial charge in [0.25, 0.3) is 0 Å². The Hall–Kier alpha value is -0.880. The fourth-order valence-corrected chi connectivity index (χ4v) is 2.52. The van der Waals surface area contributed by atoms with Crippen LogP contribution in [0.25, 0.3) is 0 Å². The molecular weight excluding hydrogens is 294 g/mol. The van der Waals surface area contributed by atoms with Crippen molar-refractivity contribution in [1.82, 2.24) is 10.6 Å². The lowest BCUT2D eigenvalue weighted by Gasteiger charge is -2.24. The van der Waals surface area contributed by atoms with Crippen LogP contribution in [-0.4, -0.2) is 44.5 Å². The van der Waals surface area contributed by atoms with E-state index in [1.807, 2.05) is 24.3 Å².